The standard InChI is InChI=1S/C15H13NO6S2/c17-12(18)5-6-16-14(21)11(24-15(16)23)7-9-1-3-10(4-2-9)22-8-13(19)20/h1-4,7H,5-6,8H2,(H,17,18)(H,19,20). The average Bonchev–Trinajstić information content (AvgIpc) is 2.78. The van der Waals surface area contributed by atoms with Gasteiger partial charge in [0.2, 0.25) is 0 Å². The number of nitrogens with zero attached hydrogens (tertiary/aromatic N) is 1. The zero-order chi connectivity index (χ0) is 17.7. The van der Waals surface area contributed by atoms with Crippen LogP contribution in [0.4, 0.5) is 0 Å². The Hall–Kier alpha value is -2.39. The highest BCUT2D eigenvalue weighted by molar-refractivity contribution is 8.26. The molecule has 0 unspecified atom stereocenters. The van der Waals surface area contributed by atoms with Crippen molar-refractivity contribution in [2.45, 2.75) is 6.42 Å². The molecule has 7 nitrogen and oxygen atoms in total. The number of amides is 1. The molecule has 1 heterocycles. The Morgan fingerprint density at radius 1 is 1.21 bits per heavy atom. The second-order valence-corrected chi connectivity index (χ2v) is 6.40. The van der Waals surface area contributed by atoms with E-state index in [0.717, 1.165) is 17.3 Å². The molecule has 1 aliphatic rings. The van der Waals surface area contributed by atoms with Crippen molar-refractivity contribution in [3.05, 3.63) is 34.7 Å². The number of benzene rings is 1. The van der Waals surface area contributed by atoms with Crippen molar-refractivity contribution in [1.29, 1.82) is 0 Å². The lowest BCUT2D eigenvalue weighted by Gasteiger charge is -2.12. The van der Waals surface area contributed by atoms with E-state index in [2.05, 4.69) is 0 Å². The van der Waals surface area contributed by atoms with Gasteiger partial charge in [0.05, 0.1) is 11.3 Å². The molecule has 9 heteroatoms. The summed E-state index contributed by atoms with van der Waals surface area (Å²) < 4.78 is 5.35. The Bertz CT molecular complexity index is 713. The van der Waals surface area contributed by atoms with Gasteiger partial charge in [-0.15, -0.1) is 0 Å². The van der Waals surface area contributed by atoms with E-state index in [1.165, 1.54) is 4.90 Å². The molecule has 0 aliphatic carbocycles. The molecule has 0 bridgehead atoms. The van der Waals surface area contributed by atoms with Crippen LogP contribution in [0.1, 0.15) is 12.0 Å². The van der Waals surface area contributed by atoms with Gasteiger partial charge in [-0.1, -0.05) is 36.1 Å². The minimum absolute atomic E-state index is 0.0410. The lowest BCUT2D eigenvalue weighted by molar-refractivity contribution is -0.139. The van der Waals surface area contributed by atoms with Gasteiger partial charge >= 0.3 is 11.9 Å². The molecular formula is C15H13NO6S2. The number of carbonyl (C=O) groups is 3. The van der Waals surface area contributed by atoms with E-state index in [1.807, 2.05) is 0 Å². The number of rotatable bonds is 7. The predicted octanol–water partition coefficient (Wildman–Crippen LogP) is 1.83. The SMILES string of the molecule is O=C(O)CCN1C(=O)C(=Cc2ccc(OCC(=O)O)cc2)SC1=S. The highest BCUT2D eigenvalue weighted by Gasteiger charge is 2.31. The Balaban J connectivity index is 2.05. The van der Waals surface area contributed by atoms with Crippen LogP contribution in [0.5, 0.6) is 5.75 Å². The molecule has 126 valence electrons. The molecule has 0 saturated carbocycles. The van der Waals surface area contributed by atoms with E-state index in [9.17, 15) is 14.4 Å². The van der Waals surface area contributed by atoms with Crippen molar-refractivity contribution in [2.24, 2.45) is 0 Å². The van der Waals surface area contributed by atoms with Gasteiger partial charge in [0.1, 0.15) is 10.1 Å². The van der Waals surface area contributed by atoms with Crippen molar-refractivity contribution >= 4 is 52.2 Å². The summed E-state index contributed by atoms with van der Waals surface area (Å²) in [6, 6.07) is 6.56. The van der Waals surface area contributed by atoms with E-state index in [0.29, 0.717) is 15.0 Å². The van der Waals surface area contributed by atoms with Crippen molar-refractivity contribution in [2.75, 3.05) is 13.2 Å². The van der Waals surface area contributed by atoms with Crippen LogP contribution in [0.15, 0.2) is 29.2 Å². The number of aliphatic carboxylic acids is 2. The van der Waals surface area contributed by atoms with Crippen LogP contribution in [0.25, 0.3) is 6.08 Å². The van der Waals surface area contributed by atoms with E-state index >= 15 is 0 Å². The number of hydrogen-bond acceptors (Lipinski definition) is 6. The first-order valence-corrected chi connectivity index (χ1v) is 8.01. The molecule has 2 N–H and O–H groups in total. The number of carbonyl (C=O) groups excluding carboxylic acids is 1. The van der Waals surface area contributed by atoms with Crippen molar-refractivity contribution in [3.8, 4) is 5.75 Å². The Labute approximate surface area is 146 Å². The van der Waals surface area contributed by atoms with Gasteiger partial charge in [-0.25, -0.2) is 4.79 Å². The van der Waals surface area contributed by atoms with Crippen LogP contribution >= 0.6 is 24.0 Å². The third-order valence-electron chi connectivity index (χ3n) is 2.96. The summed E-state index contributed by atoms with van der Waals surface area (Å²) in [6.45, 7) is -0.388. The minimum Gasteiger partial charge on any atom is -0.482 e. The first-order valence-electron chi connectivity index (χ1n) is 6.78. The molecule has 0 atom stereocenters. The summed E-state index contributed by atoms with van der Waals surface area (Å²) in [5.74, 6) is -1.98. The van der Waals surface area contributed by atoms with Crippen LogP contribution in [-0.4, -0.2) is 50.4 Å². The average molecular weight is 367 g/mol. The summed E-state index contributed by atoms with van der Waals surface area (Å²) in [5, 5.41) is 17.2. The van der Waals surface area contributed by atoms with Crippen LogP contribution in [0.3, 0.4) is 0 Å². The van der Waals surface area contributed by atoms with Gasteiger partial charge < -0.3 is 14.9 Å². The number of carboxylic acids is 2. The van der Waals surface area contributed by atoms with Crippen LogP contribution in [0.2, 0.25) is 0 Å². The largest absolute Gasteiger partial charge is 0.482 e. The van der Waals surface area contributed by atoms with Crippen molar-refractivity contribution in [3.63, 3.8) is 0 Å². The maximum absolute atomic E-state index is 12.2. The topological polar surface area (TPSA) is 104 Å². The molecule has 1 amide bonds. The smallest absolute Gasteiger partial charge is 0.341 e. The zero-order valence-corrected chi connectivity index (χ0v) is 13.9. The third kappa shape index (κ3) is 4.80. The minimum atomic E-state index is -1.07. The van der Waals surface area contributed by atoms with Crippen LogP contribution < -0.4 is 4.74 Å². The molecule has 1 saturated heterocycles. The van der Waals surface area contributed by atoms with Gasteiger partial charge in [-0.3, -0.25) is 14.5 Å². The monoisotopic (exact) mass is 367 g/mol. The van der Waals surface area contributed by atoms with Gasteiger partial charge in [-0.05, 0) is 23.8 Å². The van der Waals surface area contributed by atoms with Crippen molar-refractivity contribution < 1.29 is 29.3 Å². The number of thioether (sulfide) groups is 1. The highest BCUT2D eigenvalue weighted by Crippen LogP contribution is 2.32. The second-order valence-electron chi connectivity index (χ2n) is 4.73. The van der Waals surface area contributed by atoms with E-state index in [4.69, 9.17) is 27.2 Å². The molecule has 2 rings (SSSR count). The van der Waals surface area contributed by atoms with Gasteiger partial charge in [0.25, 0.3) is 5.91 Å². The predicted molar refractivity (Wildman–Crippen MR) is 91.7 cm³/mol. The number of thiocarbonyl (C=S) groups is 1. The van der Waals surface area contributed by atoms with Gasteiger partial charge in [0, 0.05) is 6.54 Å². The number of hydrogen-bond donors (Lipinski definition) is 2. The Morgan fingerprint density at radius 3 is 2.46 bits per heavy atom. The van der Waals surface area contributed by atoms with E-state index in [-0.39, 0.29) is 18.9 Å². The molecule has 1 aromatic carbocycles. The normalized spacial score (nSPS) is 15.8. The maximum Gasteiger partial charge on any atom is 0.341 e. The molecule has 1 fully saturated rings. The summed E-state index contributed by atoms with van der Waals surface area (Å²) >= 11 is 6.21. The first kappa shape index (κ1) is 18.0. The van der Waals surface area contributed by atoms with Crippen LogP contribution in [-0.2, 0) is 14.4 Å². The van der Waals surface area contributed by atoms with Crippen molar-refractivity contribution in [1.82, 2.24) is 4.90 Å². The quantitative estimate of drug-likeness (QED) is 0.556. The molecule has 0 radical (unpaired) electrons. The summed E-state index contributed by atoms with van der Waals surface area (Å²) in [4.78, 5) is 35.0. The lowest BCUT2D eigenvalue weighted by Crippen LogP contribution is -2.30. The molecule has 24 heavy (non-hydrogen) atoms. The molecule has 1 aromatic rings. The second kappa shape index (κ2) is 7.93. The van der Waals surface area contributed by atoms with Gasteiger partial charge in [-0.2, -0.15) is 0 Å². The first-order chi connectivity index (χ1) is 11.4. The fourth-order valence-electron chi connectivity index (χ4n) is 1.86. The number of ether oxygens (including phenoxy) is 1. The van der Waals surface area contributed by atoms with E-state index in [1.54, 1.807) is 30.3 Å². The van der Waals surface area contributed by atoms with Crippen LogP contribution in [0, 0.1) is 0 Å². The molecule has 0 spiro atoms. The highest BCUT2D eigenvalue weighted by atomic mass is 32.2. The zero-order valence-electron chi connectivity index (χ0n) is 12.3. The summed E-state index contributed by atoms with van der Waals surface area (Å²) in [7, 11) is 0. The molecular weight excluding hydrogens is 354 g/mol. The Morgan fingerprint density at radius 2 is 1.88 bits per heavy atom. The molecule has 0 aromatic heterocycles. The summed E-state index contributed by atoms with van der Waals surface area (Å²) in [6.07, 6.45) is 1.47. The molecule has 1 aliphatic heterocycles. The fourth-order valence-corrected chi connectivity index (χ4v) is 3.17. The fraction of sp³-hybridized carbons (Fsp3) is 0.200. The maximum atomic E-state index is 12.2. The summed E-state index contributed by atoms with van der Waals surface area (Å²) in [5.41, 5.74) is 0.719. The lowest BCUT2D eigenvalue weighted by atomic mass is 10.2. The number of carboxylic acid groups (broad SMARTS) is 2. The Kier molecular flexibility index (Phi) is 5.93. The third-order valence-corrected chi connectivity index (χ3v) is 4.34. The van der Waals surface area contributed by atoms with Gasteiger partial charge in [0.15, 0.2) is 6.61 Å². The van der Waals surface area contributed by atoms with E-state index < -0.39 is 18.5 Å².